The Morgan fingerprint density at radius 1 is 1.15 bits per heavy atom. The molecular weight excluding hydrogens is 531 g/mol. The molecule has 2 N–H and O–H groups in total. The lowest BCUT2D eigenvalue weighted by molar-refractivity contribution is -0.287. The summed E-state index contributed by atoms with van der Waals surface area (Å²) in [6.07, 6.45) is -0.232. The Hall–Kier alpha value is -3.49. The van der Waals surface area contributed by atoms with Crippen LogP contribution in [0.4, 0.5) is 22.0 Å². The van der Waals surface area contributed by atoms with Gasteiger partial charge in [-0.05, 0) is 24.8 Å². The first-order chi connectivity index (χ1) is 18.2. The fraction of sp³-hybridized carbons (Fsp3) is 0.583. The molecule has 0 atom stereocenters. The molecule has 2 aromatic heterocycles. The van der Waals surface area contributed by atoms with Gasteiger partial charge < -0.3 is 15.3 Å². The van der Waals surface area contributed by atoms with E-state index in [-0.39, 0.29) is 50.3 Å². The topological polar surface area (TPSA) is 112 Å². The lowest BCUT2D eigenvalue weighted by Gasteiger charge is -2.36. The summed E-state index contributed by atoms with van der Waals surface area (Å²) < 4.78 is 66.5. The minimum atomic E-state index is -5.65. The van der Waals surface area contributed by atoms with Crippen molar-refractivity contribution in [2.24, 2.45) is 5.92 Å². The highest BCUT2D eigenvalue weighted by Crippen LogP contribution is 2.36. The van der Waals surface area contributed by atoms with Crippen LogP contribution in [-0.4, -0.2) is 91.8 Å². The number of fused-ring (bicyclic) bond motifs is 1. The number of rotatable bonds is 8. The number of nitrogens with zero attached hydrogens (tertiary/aromatic N) is 5. The number of piperazine rings is 1. The zero-order valence-corrected chi connectivity index (χ0v) is 21.3. The van der Waals surface area contributed by atoms with E-state index >= 15 is 0 Å². The molecule has 15 heteroatoms. The van der Waals surface area contributed by atoms with Crippen LogP contribution in [0.15, 0.2) is 17.1 Å². The van der Waals surface area contributed by atoms with Gasteiger partial charge in [-0.25, -0.2) is 0 Å². The van der Waals surface area contributed by atoms with Crippen molar-refractivity contribution in [1.82, 2.24) is 29.3 Å². The van der Waals surface area contributed by atoms with Gasteiger partial charge in [0.1, 0.15) is 5.65 Å². The van der Waals surface area contributed by atoms with Crippen molar-refractivity contribution < 1.29 is 36.6 Å². The molecule has 2 fully saturated rings. The predicted molar refractivity (Wildman–Crippen MR) is 129 cm³/mol. The van der Waals surface area contributed by atoms with E-state index in [1.165, 1.54) is 27.8 Å². The molecule has 0 spiro atoms. The molecule has 1 saturated carbocycles. The van der Waals surface area contributed by atoms with E-state index in [4.69, 9.17) is 0 Å². The summed E-state index contributed by atoms with van der Waals surface area (Å²) in [4.78, 5) is 40.7. The maximum absolute atomic E-state index is 13.3. The Morgan fingerprint density at radius 2 is 1.79 bits per heavy atom. The predicted octanol–water partition coefficient (Wildman–Crippen LogP) is 2.10. The second-order valence-corrected chi connectivity index (χ2v) is 10.2. The van der Waals surface area contributed by atoms with E-state index in [1.807, 2.05) is 13.8 Å². The standard InChI is InChI=1S/C24H29F5N6O4/c1-14(2)12-34-20-15(11-30-35(20)22(39)18(21(34)38)19(37)31-16-4-5-16)3-6-17(36)33-9-7-32(8-10-33)13-23(25,26)24(27,28)29/h3,6,11,14,16,38H,4-5,7-10,12-13H2,1-2H3,(H,31,37). The first kappa shape index (κ1) is 28.5. The molecule has 214 valence electrons. The van der Waals surface area contributed by atoms with Gasteiger partial charge in [0.15, 0.2) is 5.56 Å². The van der Waals surface area contributed by atoms with Crippen molar-refractivity contribution in [3.63, 3.8) is 0 Å². The van der Waals surface area contributed by atoms with Crippen LogP contribution in [0.25, 0.3) is 11.7 Å². The Morgan fingerprint density at radius 3 is 2.36 bits per heavy atom. The van der Waals surface area contributed by atoms with Gasteiger partial charge in [0.2, 0.25) is 11.8 Å². The third-order valence-corrected chi connectivity index (χ3v) is 6.53. The number of alkyl halides is 5. The van der Waals surface area contributed by atoms with Gasteiger partial charge in [0.05, 0.1) is 12.7 Å². The molecule has 4 rings (SSSR count). The second kappa shape index (κ2) is 10.6. The first-order valence-corrected chi connectivity index (χ1v) is 12.5. The van der Waals surface area contributed by atoms with Gasteiger partial charge in [-0.1, -0.05) is 13.8 Å². The van der Waals surface area contributed by atoms with E-state index in [2.05, 4.69) is 10.4 Å². The SMILES string of the molecule is CC(C)Cn1c(O)c(C(=O)NC2CC2)c(=O)n2ncc(C=CC(=O)N3CCN(CC(F)(F)C(F)(F)F)CC3)c12. The molecule has 0 radical (unpaired) electrons. The maximum atomic E-state index is 13.3. The zero-order chi connectivity index (χ0) is 28.7. The van der Waals surface area contributed by atoms with E-state index in [1.54, 1.807) is 0 Å². The molecule has 2 amide bonds. The highest BCUT2D eigenvalue weighted by atomic mass is 19.4. The number of aromatic nitrogens is 3. The van der Waals surface area contributed by atoms with E-state index in [9.17, 15) is 41.4 Å². The molecule has 1 aliphatic carbocycles. The number of hydrogen-bond acceptors (Lipinski definition) is 6. The third-order valence-electron chi connectivity index (χ3n) is 6.53. The molecule has 0 bridgehead atoms. The van der Waals surface area contributed by atoms with Gasteiger partial charge in [0.25, 0.3) is 11.5 Å². The molecule has 39 heavy (non-hydrogen) atoms. The minimum absolute atomic E-state index is 0.00377. The maximum Gasteiger partial charge on any atom is 0.454 e. The van der Waals surface area contributed by atoms with Crippen LogP contribution >= 0.6 is 0 Å². The summed E-state index contributed by atoms with van der Waals surface area (Å²) in [5.41, 5.74) is -0.788. The molecule has 0 aromatic carbocycles. The van der Waals surface area contributed by atoms with Gasteiger partial charge in [-0.2, -0.15) is 31.6 Å². The average molecular weight is 561 g/mol. The van der Waals surface area contributed by atoms with Crippen LogP contribution in [0.5, 0.6) is 5.88 Å². The van der Waals surface area contributed by atoms with Crippen molar-refractivity contribution in [1.29, 1.82) is 0 Å². The second-order valence-electron chi connectivity index (χ2n) is 10.2. The summed E-state index contributed by atoms with van der Waals surface area (Å²) in [5.74, 6) is -6.59. The lowest BCUT2D eigenvalue weighted by Crippen LogP contribution is -2.54. The molecule has 3 heterocycles. The first-order valence-electron chi connectivity index (χ1n) is 12.5. The van der Waals surface area contributed by atoms with Crippen LogP contribution in [0, 0.1) is 5.92 Å². The normalized spacial score (nSPS) is 17.5. The summed E-state index contributed by atoms with van der Waals surface area (Å²) in [5, 5.41) is 17.7. The number of nitrogens with one attached hydrogen (secondary N) is 1. The van der Waals surface area contributed by atoms with E-state index in [0.29, 0.717) is 5.56 Å². The number of amides is 2. The molecule has 2 aliphatic rings. The number of halogens is 5. The highest BCUT2D eigenvalue weighted by molar-refractivity contribution is 5.97. The van der Waals surface area contributed by atoms with Gasteiger partial charge in [0, 0.05) is 50.4 Å². The lowest BCUT2D eigenvalue weighted by atomic mass is 10.2. The Labute approximate surface area is 219 Å². The number of aromatic hydroxyl groups is 1. The third kappa shape index (κ3) is 6.07. The van der Waals surface area contributed by atoms with Crippen molar-refractivity contribution in [3.05, 3.63) is 33.8 Å². The Balaban J connectivity index is 1.53. The van der Waals surface area contributed by atoms with Crippen molar-refractivity contribution in [2.75, 3.05) is 32.7 Å². The average Bonchev–Trinajstić information content (AvgIpc) is 3.55. The van der Waals surface area contributed by atoms with Crippen molar-refractivity contribution in [2.45, 2.75) is 51.4 Å². The molecule has 10 nitrogen and oxygen atoms in total. The number of carbonyl (C=O) groups excluding carboxylic acids is 2. The van der Waals surface area contributed by atoms with Crippen LogP contribution in [-0.2, 0) is 11.3 Å². The largest absolute Gasteiger partial charge is 0.494 e. The quantitative estimate of drug-likeness (QED) is 0.378. The van der Waals surface area contributed by atoms with Gasteiger partial charge in [-0.15, -0.1) is 0 Å². The fourth-order valence-corrected chi connectivity index (χ4v) is 4.31. The monoisotopic (exact) mass is 560 g/mol. The molecule has 1 saturated heterocycles. The van der Waals surface area contributed by atoms with Gasteiger partial charge >= 0.3 is 12.1 Å². The van der Waals surface area contributed by atoms with Crippen molar-refractivity contribution in [3.8, 4) is 5.88 Å². The molecule has 2 aromatic rings. The molecule has 0 unspecified atom stereocenters. The van der Waals surface area contributed by atoms with E-state index < -0.39 is 47.5 Å². The zero-order valence-electron chi connectivity index (χ0n) is 21.3. The highest BCUT2D eigenvalue weighted by Gasteiger charge is 2.58. The van der Waals surface area contributed by atoms with Crippen molar-refractivity contribution >= 4 is 23.5 Å². The summed E-state index contributed by atoms with van der Waals surface area (Å²) in [7, 11) is 0. The molecule has 1 aliphatic heterocycles. The Kier molecular flexibility index (Phi) is 7.74. The summed E-state index contributed by atoms with van der Waals surface area (Å²) in [6.45, 7) is 2.08. The fourth-order valence-electron chi connectivity index (χ4n) is 4.31. The smallest absolute Gasteiger partial charge is 0.454 e. The van der Waals surface area contributed by atoms with Gasteiger partial charge in [-0.3, -0.25) is 23.9 Å². The van der Waals surface area contributed by atoms with Crippen LogP contribution in [0.1, 0.15) is 42.6 Å². The van der Waals surface area contributed by atoms with Crippen LogP contribution in [0.2, 0.25) is 0 Å². The summed E-state index contributed by atoms with van der Waals surface area (Å²) >= 11 is 0. The van der Waals surface area contributed by atoms with E-state index in [0.717, 1.165) is 22.3 Å². The molecular formula is C24H29F5N6O4. The number of hydrogen-bond donors (Lipinski definition) is 2. The Bertz CT molecular complexity index is 1340. The minimum Gasteiger partial charge on any atom is -0.494 e. The van der Waals surface area contributed by atoms with Crippen LogP contribution in [0.3, 0.4) is 0 Å². The summed E-state index contributed by atoms with van der Waals surface area (Å²) in [6, 6.07) is -0.0457. The van der Waals surface area contributed by atoms with Crippen LogP contribution < -0.4 is 10.9 Å². The number of carbonyl (C=O) groups is 2.